The lowest BCUT2D eigenvalue weighted by Gasteiger charge is -2.31. The molecule has 0 fully saturated rings. The van der Waals surface area contributed by atoms with Gasteiger partial charge in [0, 0.05) is 10.1 Å². The van der Waals surface area contributed by atoms with E-state index in [1.165, 1.54) is 22.0 Å². The van der Waals surface area contributed by atoms with Crippen molar-refractivity contribution in [2.24, 2.45) is 5.41 Å². The Kier molecular flexibility index (Phi) is 4.51. The molecular weight excluding hydrogens is 300 g/mol. The Morgan fingerprint density at radius 2 is 2.00 bits per heavy atom. The Morgan fingerprint density at radius 3 is 2.63 bits per heavy atom. The minimum absolute atomic E-state index is 0.377. The molecule has 1 aliphatic rings. The van der Waals surface area contributed by atoms with Crippen molar-refractivity contribution in [2.45, 2.75) is 39.7 Å². The molecule has 1 aliphatic carbocycles. The highest BCUT2D eigenvalue weighted by molar-refractivity contribution is 9.11. The van der Waals surface area contributed by atoms with Crippen LogP contribution in [-0.4, -0.2) is 0 Å². The van der Waals surface area contributed by atoms with Crippen LogP contribution in [0.3, 0.4) is 0 Å². The minimum Gasteiger partial charge on any atom is -0.489 e. The summed E-state index contributed by atoms with van der Waals surface area (Å²) in [6.07, 6.45) is 3.29. The van der Waals surface area contributed by atoms with Crippen molar-refractivity contribution in [3.63, 3.8) is 0 Å². The first-order valence-electron chi connectivity index (χ1n) is 6.71. The van der Waals surface area contributed by atoms with Gasteiger partial charge in [-0.3, -0.25) is 0 Å². The highest BCUT2D eigenvalue weighted by Gasteiger charge is 2.27. The Labute approximate surface area is 124 Å². The Morgan fingerprint density at radius 1 is 1.32 bits per heavy atom. The summed E-state index contributed by atoms with van der Waals surface area (Å²) in [5.41, 5.74) is 2.80. The van der Waals surface area contributed by atoms with Gasteiger partial charge in [-0.1, -0.05) is 66.7 Å². The largest absolute Gasteiger partial charge is 0.489 e. The number of hydrogen-bond donors (Lipinski definition) is 0. The topological polar surface area (TPSA) is 9.23 Å². The van der Waals surface area contributed by atoms with Gasteiger partial charge in [-0.05, 0) is 30.2 Å². The van der Waals surface area contributed by atoms with Crippen LogP contribution < -0.4 is 0 Å². The molecule has 0 N–H and O–H groups in total. The summed E-state index contributed by atoms with van der Waals surface area (Å²) in [5.74, 6) is 0.811. The minimum atomic E-state index is 0.377. The molecule has 0 aromatic heterocycles. The number of benzene rings is 1. The summed E-state index contributed by atoms with van der Waals surface area (Å²) in [6, 6.07) is 10.2. The fourth-order valence-electron chi connectivity index (χ4n) is 2.34. The van der Waals surface area contributed by atoms with Gasteiger partial charge in [0.05, 0.1) is 0 Å². The number of halogens is 1. The molecule has 0 aliphatic heterocycles. The van der Waals surface area contributed by atoms with E-state index in [0.717, 1.165) is 18.6 Å². The van der Waals surface area contributed by atoms with Crippen LogP contribution in [0.2, 0.25) is 0 Å². The molecule has 0 saturated carbocycles. The van der Waals surface area contributed by atoms with Crippen LogP contribution >= 0.6 is 15.9 Å². The molecule has 102 valence electrons. The summed E-state index contributed by atoms with van der Waals surface area (Å²) in [5, 5.41) is 0. The predicted octanol–water partition coefficient (Wildman–Crippen LogP) is 5.58. The molecule has 2 heteroatoms. The maximum absolute atomic E-state index is 5.82. The van der Waals surface area contributed by atoms with E-state index in [2.05, 4.69) is 48.5 Å². The van der Waals surface area contributed by atoms with Crippen LogP contribution in [0.4, 0.5) is 0 Å². The first-order valence-corrected chi connectivity index (χ1v) is 7.51. The highest BCUT2D eigenvalue weighted by Crippen LogP contribution is 2.43. The average molecular weight is 321 g/mol. The first-order chi connectivity index (χ1) is 8.98. The molecule has 0 bridgehead atoms. The second kappa shape index (κ2) is 5.96. The van der Waals surface area contributed by atoms with Crippen molar-refractivity contribution < 1.29 is 4.74 Å². The lowest BCUT2D eigenvalue weighted by atomic mass is 9.78. The van der Waals surface area contributed by atoms with E-state index in [9.17, 15) is 0 Å². The van der Waals surface area contributed by atoms with E-state index >= 15 is 0 Å². The molecule has 0 amide bonds. The summed E-state index contributed by atoms with van der Waals surface area (Å²) in [6.45, 7) is 9.28. The van der Waals surface area contributed by atoms with Gasteiger partial charge in [0.15, 0.2) is 0 Å². The van der Waals surface area contributed by atoms with Crippen LogP contribution in [0.15, 0.2) is 52.7 Å². The predicted molar refractivity (Wildman–Crippen MR) is 84.0 cm³/mol. The molecule has 0 unspecified atom stereocenters. The van der Waals surface area contributed by atoms with Gasteiger partial charge in [-0.25, -0.2) is 0 Å². The quantitative estimate of drug-likeness (QED) is 0.658. The summed E-state index contributed by atoms with van der Waals surface area (Å²) in [7, 11) is 0. The molecule has 1 aromatic carbocycles. The lowest BCUT2D eigenvalue weighted by molar-refractivity contribution is 0.201. The summed E-state index contributed by atoms with van der Waals surface area (Å²) < 4.78 is 7.08. The Balaban J connectivity index is 1.97. The smallest absolute Gasteiger partial charge is 0.116 e. The summed E-state index contributed by atoms with van der Waals surface area (Å²) in [4.78, 5) is 0. The van der Waals surface area contributed by atoms with Crippen molar-refractivity contribution in [3.8, 4) is 0 Å². The summed E-state index contributed by atoms with van der Waals surface area (Å²) >= 11 is 3.70. The van der Waals surface area contributed by atoms with Crippen molar-refractivity contribution in [2.75, 3.05) is 0 Å². The third kappa shape index (κ3) is 3.97. The van der Waals surface area contributed by atoms with Gasteiger partial charge in [0.1, 0.15) is 12.4 Å². The zero-order chi connectivity index (χ0) is 13.9. The van der Waals surface area contributed by atoms with Gasteiger partial charge >= 0.3 is 0 Å². The first kappa shape index (κ1) is 14.4. The molecule has 0 spiro atoms. The number of allylic oxidation sites excluding steroid dienone is 2. The van der Waals surface area contributed by atoms with Crippen molar-refractivity contribution in [1.29, 1.82) is 0 Å². The van der Waals surface area contributed by atoms with Crippen molar-refractivity contribution in [3.05, 3.63) is 58.3 Å². The second-order valence-corrected chi connectivity index (χ2v) is 6.88. The molecule has 0 radical (unpaired) electrons. The van der Waals surface area contributed by atoms with Gasteiger partial charge in [0.2, 0.25) is 0 Å². The number of rotatable bonds is 4. The molecule has 0 atom stereocenters. The number of hydrogen-bond acceptors (Lipinski definition) is 1. The molecular formula is C17H21BrO. The van der Waals surface area contributed by atoms with Crippen LogP contribution in [0.1, 0.15) is 38.7 Å². The molecule has 2 rings (SSSR count). The van der Waals surface area contributed by atoms with Crippen molar-refractivity contribution in [1.82, 2.24) is 0 Å². The van der Waals surface area contributed by atoms with Crippen LogP contribution in [0.5, 0.6) is 0 Å². The average Bonchev–Trinajstić information content (AvgIpc) is 2.36. The molecule has 19 heavy (non-hydrogen) atoms. The molecule has 0 saturated heterocycles. The zero-order valence-electron chi connectivity index (χ0n) is 11.7. The van der Waals surface area contributed by atoms with E-state index < -0.39 is 0 Å². The lowest BCUT2D eigenvalue weighted by Crippen LogP contribution is -2.17. The highest BCUT2D eigenvalue weighted by atomic mass is 79.9. The molecule has 1 nitrogen and oxygen atoms in total. The van der Waals surface area contributed by atoms with E-state index in [0.29, 0.717) is 12.0 Å². The Bertz CT molecular complexity index is 485. The fourth-order valence-corrected chi connectivity index (χ4v) is 3.52. The molecule has 0 heterocycles. The standard InChI is InChI=1S/C17H21BrO/c1-13(19-12-14-7-5-4-6-8-14)15-9-10-17(2,3)11-16(15)18/h4-8H,1,9-12H2,2-3H3. The Hall–Kier alpha value is -1.02. The third-order valence-electron chi connectivity index (χ3n) is 3.61. The van der Waals surface area contributed by atoms with E-state index in [1.807, 2.05) is 18.2 Å². The van der Waals surface area contributed by atoms with Crippen molar-refractivity contribution >= 4 is 15.9 Å². The van der Waals surface area contributed by atoms with Crippen LogP contribution in [0.25, 0.3) is 0 Å². The SMILES string of the molecule is C=C(OCc1ccccc1)C1=C(Br)CC(C)(C)CC1. The number of ether oxygens (including phenoxy) is 1. The van der Waals surface area contributed by atoms with E-state index in [4.69, 9.17) is 4.74 Å². The van der Waals surface area contributed by atoms with Gasteiger partial charge in [0.25, 0.3) is 0 Å². The maximum Gasteiger partial charge on any atom is 0.116 e. The van der Waals surface area contributed by atoms with E-state index in [1.54, 1.807) is 0 Å². The maximum atomic E-state index is 5.82. The normalized spacial score (nSPS) is 18.3. The molecule has 1 aromatic rings. The second-order valence-electron chi connectivity index (χ2n) is 5.92. The third-order valence-corrected chi connectivity index (χ3v) is 4.36. The zero-order valence-corrected chi connectivity index (χ0v) is 13.3. The fraction of sp³-hybridized carbons (Fsp3) is 0.412. The van der Waals surface area contributed by atoms with Crippen LogP contribution in [0, 0.1) is 5.41 Å². The monoisotopic (exact) mass is 320 g/mol. The van der Waals surface area contributed by atoms with Crippen LogP contribution in [-0.2, 0) is 11.3 Å². The van der Waals surface area contributed by atoms with Gasteiger partial charge < -0.3 is 4.74 Å². The van der Waals surface area contributed by atoms with Gasteiger partial charge in [-0.15, -0.1) is 0 Å². The van der Waals surface area contributed by atoms with Gasteiger partial charge in [-0.2, -0.15) is 0 Å². The van der Waals surface area contributed by atoms with E-state index in [-0.39, 0.29) is 0 Å².